The summed E-state index contributed by atoms with van der Waals surface area (Å²) < 4.78 is 5.43. The van der Waals surface area contributed by atoms with E-state index in [0.29, 0.717) is 19.0 Å². The average molecular weight is 270 g/mol. The lowest BCUT2D eigenvalue weighted by atomic mass is 10.0. The number of nitrogens with zero attached hydrogens (tertiary/aromatic N) is 1. The topological polar surface area (TPSA) is 55.6 Å². The lowest BCUT2D eigenvalue weighted by Gasteiger charge is -2.33. The van der Waals surface area contributed by atoms with E-state index in [1.165, 1.54) is 0 Å². The van der Waals surface area contributed by atoms with Gasteiger partial charge in [0.1, 0.15) is 5.60 Å². The van der Waals surface area contributed by atoms with Crippen molar-refractivity contribution in [2.75, 3.05) is 13.1 Å². The first-order valence-corrected chi connectivity index (χ1v) is 6.82. The largest absolute Gasteiger partial charge is 0.444 e. The highest BCUT2D eigenvalue weighted by Crippen LogP contribution is 2.14. The second-order valence-corrected chi connectivity index (χ2v) is 6.98. The number of amides is 1. The van der Waals surface area contributed by atoms with Crippen LogP contribution in [0.1, 0.15) is 48.0 Å². The second kappa shape index (κ2) is 6.94. The summed E-state index contributed by atoms with van der Waals surface area (Å²) in [5.41, 5.74) is 5.09. The molecule has 0 aliphatic heterocycles. The SMILES string of the molecule is C=CCC(C)CN(CC(C)(C)N)C(=O)OC(C)(C)C. The number of hydrogen-bond acceptors (Lipinski definition) is 3. The van der Waals surface area contributed by atoms with Crippen LogP contribution in [0.25, 0.3) is 0 Å². The van der Waals surface area contributed by atoms with Crippen molar-refractivity contribution in [1.82, 2.24) is 4.90 Å². The van der Waals surface area contributed by atoms with Crippen molar-refractivity contribution in [3.05, 3.63) is 12.7 Å². The molecule has 2 N–H and O–H groups in total. The summed E-state index contributed by atoms with van der Waals surface area (Å²) in [6.07, 6.45) is 2.43. The van der Waals surface area contributed by atoms with Crippen LogP contribution in [0.2, 0.25) is 0 Å². The number of ether oxygens (including phenoxy) is 1. The molecule has 1 amide bonds. The summed E-state index contributed by atoms with van der Waals surface area (Å²) in [5.74, 6) is 0.340. The van der Waals surface area contributed by atoms with Gasteiger partial charge in [0, 0.05) is 18.6 Å². The molecule has 1 atom stereocenters. The highest BCUT2D eigenvalue weighted by molar-refractivity contribution is 5.68. The van der Waals surface area contributed by atoms with Crippen LogP contribution in [-0.4, -0.2) is 35.2 Å². The van der Waals surface area contributed by atoms with Crippen molar-refractivity contribution in [1.29, 1.82) is 0 Å². The third-order valence-electron chi connectivity index (χ3n) is 2.35. The summed E-state index contributed by atoms with van der Waals surface area (Å²) in [5, 5.41) is 0. The van der Waals surface area contributed by atoms with Crippen LogP contribution < -0.4 is 5.73 Å². The zero-order chi connectivity index (χ0) is 15.3. The minimum absolute atomic E-state index is 0.304. The van der Waals surface area contributed by atoms with Gasteiger partial charge in [0.15, 0.2) is 0 Å². The first kappa shape index (κ1) is 18.0. The van der Waals surface area contributed by atoms with Gasteiger partial charge in [-0.05, 0) is 47.0 Å². The van der Waals surface area contributed by atoms with E-state index >= 15 is 0 Å². The lowest BCUT2D eigenvalue weighted by molar-refractivity contribution is 0.0190. The smallest absolute Gasteiger partial charge is 0.410 e. The molecule has 19 heavy (non-hydrogen) atoms. The third kappa shape index (κ3) is 9.54. The first-order chi connectivity index (χ1) is 8.44. The van der Waals surface area contributed by atoms with E-state index in [-0.39, 0.29) is 6.09 Å². The number of carbonyl (C=O) groups is 1. The number of nitrogens with two attached hydrogens (primary N) is 1. The molecule has 0 bridgehead atoms. The van der Waals surface area contributed by atoms with Crippen LogP contribution in [-0.2, 0) is 4.74 Å². The van der Waals surface area contributed by atoms with Crippen LogP contribution in [0.5, 0.6) is 0 Å². The Morgan fingerprint density at radius 1 is 1.37 bits per heavy atom. The lowest BCUT2D eigenvalue weighted by Crippen LogP contribution is -2.50. The van der Waals surface area contributed by atoms with Gasteiger partial charge < -0.3 is 15.4 Å². The molecule has 0 saturated carbocycles. The molecule has 0 radical (unpaired) electrons. The van der Waals surface area contributed by atoms with Crippen LogP contribution in [0.15, 0.2) is 12.7 Å². The highest BCUT2D eigenvalue weighted by atomic mass is 16.6. The zero-order valence-electron chi connectivity index (χ0n) is 13.3. The van der Waals surface area contributed by atoms with E-state index in [1.54, 1.807) is 4.90 Å². The van der Waals surface area contributed by atoms with Gasteiger partial charge >= 0.3 is 6.09 Å². The summed E-state index contributed by atoms with van der Waals surface area (Å²) in [6, 6.07) is 0. The van der Waals surface area contributed by atoms with Gasteiger partial charge in [0.25, 0.3) is 0 Å². The van der Waals surface area contributed by atoms with Crippen molar-refractivity contribution in [2.24, 2.45) is 11.7 Å². The van der Waals surface area contributed by atoms with E-state index in [1.807, 2.05) is 40.7 Å². The van der Waals surface area contributed by atoms with E-state index in [4.69, 9.17) is 10.5 Å². The fourth-order valence-electron chi connectivity index (χ4n) is 1.76. The molecule has 0 heterocycles. The molecule has 0 aromatic heterocycles. The molecular weight excluding hydrogens is 240 g/mol. The maximum absolute atomic E-state index is 12.2. The van der Waals surface area contributed by atoms with Gasteiger partial charge in [-0.2, -0.15) is 0 Å². The van der Waals surface area contributed by atoms with E-state index in [2.05, 4.69) is 13.5 Å². The quantitative estimate of drug-likeness (QED) is 0.754. The molecule has 4 nitrogen and oxygen atoms in total. The normalized spacial score (nSPS) is 13.8. The molecule has 0 saturated heterocycles. The van der Waals surface area contributed by atoms with E-state index in [0.717, 1.165) is 6.42 Å². The molecule has 0 aliphatic carbocycles. The average Bonchev–Trinajstić information content (AvgIpc) is 2.11. The van der Waals surface area contributed by atoms with Gasteiger partial charge in [0.05, 0.1) is 0 Å². The molecule has 0 aromatic rings. The Hall–Kier alpha value is -1.03. The molecule has 0 spiro atoms. The third-order valence-corrected chi connectivity index (χ3v) is 2.35. The summed E-state index contributed by atoms with van der Waals surface area (Å²) in [6.45, 7) is 16.3. The molecule has 4 heteroatoms. The Labute approximate surface area is 118 Å². The van der Waals surface area contributed by atoms with Gasteiger partial charge in [-0.3, -0.25) is 0 Å². The van der Waals surface area contributed by atoms with Crippen molar-refractivity contribution in [2.45, 2.75) is 59.1 Å². The molecule has 0 fully saturated rings. The molecule has 0 aliphatic rings. The van der Waals surface area contributed by atoms with Gasteiger partial charge in [0.2, 0.25) is 0 Å². The zero-order valence-corrected chi connectivity index (χ0v) is 13.3. The number of allylic oxidation sites excluding steroid dienone is 1. The van der Waals surface area contributed by atoms with Crippen LogP contribution in [0.4, 0.5) is 4.79 Å². The number of hydrogen-bond donors (Lipinski definition) is 1. The molecular formula is C15H30N2O2. The predicted octanol–water partition coefficient (Wildman–Crippen LogP) is 3.17. The standard InChI is InChI=1S/C15H30N2O2/c1-8-9-12(2)10-17(11-15(6,7)16)13(18)19-14(3,4)5/h8,12H,1,9-11,16H2,2-7H3. The summed E-state index contributed by atoms with van der Waals surface area (Å²) >= 11 is 0. The summed E-state index contributed by atoms with van der Waals surface area (Å²) in [7, 11) is 0. The van der Waals surface area contributed by atoms with Crippen molar-refractivity contribution in [3.8, 4) is 0 Å². The first-order valence-electron chi connectivity index (χ1n) is 6.82. The van der Waals surface area contributed by atoms with Crippen LogP contribution in [0, 0.1) is 5.92 Å². The molecule has 1 unspecified atom stereocenters. The fraction of sp³-hybridized carbons (Fsp3) is 0.800. The predicted molar refractivity (Wildman–Crippen MR) is 80.1 cm³/mol. The second-order valence-electron chi connectivity index (χ2n) is 6.98. The fourth-order valence-corrected chi connectivity index (χ4v) is 1.76. The Balaban J connectivity index is 4.75. The minimum atomic E-state index is -0.490. The van der Waals surface area contributed by atoms with Crippen molar-refractivity contribution >= 4 is 6.09 Å². The highest BCUT2D eigenvalue weighted by Gasteiger charge is 2.27. The Morgan fingerprint density at radius 2 is 1.89 bits per heavy atom. The Kier molecular flexibility index (Phi) is 6.57. The Morgan fingerprint density at radius 3 is 2.26 bits per heavy atom. The maximum atomic E-state index is 12.2. The van der Waals surface area contributed by atoms with Gasteiger partial charge in [-0.1, -0.05) is 13.0 Å². The van der Waals surface area contributed by atoms with Gasteiger partial charge in [-0.15, -0.1) is 6.58 Å². The van der Waals surface area contributed by atoms with Crippen molar-refractivity contribution < 1.29 is 9.53 Å². The maximum Gasteiger partial charge on any atom is 0.410 e. The Bertz CT molecular complexity index is 300. The van der Waals surface area contributed by atoms with E-state index < -0.39 is 11.1 Å². The van der Waals surface area contributed by atoms with E-state index in [9.17, 15) is 4.79 Å². The van der Waals surface area contributed by atoms with Crippen molar-refractivity contribution in [3.63, 3.8) is 0 Å². The molecule has 112 valence electrons. The number of rotatable bonds is 6. The molecule has 0 aromatic carbocycles. The minimum Gasteiger partial charge on any atom is -0.444 e. The number of carbonyl (C=O) groups excluding carboxylic acids is 1. The van der Waals surface area contributed by atoms with Gasteiger partial charge in [-0.25, -0.2) is 4.79 Å². The van der Waals surface area contributed by atoms with Crippen LogP contribution >= 0.6 is 0 Å². The monoisotopic (exact) mass is 270 g/mol. The summed E-state index contributed by atoms with van der Waals surface area (Å²) in [4.78, 5) is 13.9. The molecule has 0 rings (SSSR count). The van der Waals surface area contributed by atoms with Crippen LogP contribution in [0.3, 0.4) is 0 Å².